The molecule has 0 radical (unpaired) electrons. The molecule has 0 spiro atoms. The second-order valence-electron chi connectivity index (χ2n) is 2.42. The summed E-state index contributed by atoms with van der Waals surface area (Å²) in [6.45, 7) is 0.898. The molecule has 0 aromatic carbocycles. The van der Waals surface area contributed by atoms with Crippen molar-refractivity contribution < 1.29 is 18.3 Å². The smallest absolute Gasteiger partial charge is 0.310 e. The molecule has 0 amide bonds. The van der Waals surface area contributed by atoms with E-state index in [1.54, 1.807) is 0 Å². The highest BCUT2D eigenvalue weighted by Gasteiger charge is 2.36. The van der Waals surface area contributed by atoms with Gasteiger partial charge in [-0.05, 0) is 6.08 Å². The molecular weight excluding hydrogens is 154 g/mol. The molecule has 2 nitrogen and oxygen atoms in total. The third kappa shape index (κ3) is 1.76. The van der Waals surface area contributed by atoms with Crippen molar-refractivity contribution in [2.24, 2.45) is 0 Å². The Morgan fingerprint density at radius 3 is 2.73 bits per heavy atom. The Bertz CT molecular complexity index is 203. The first-order chi connectivity index (χ1) is 5.02. The molecule has 0 saturated carbocycles. The molecule has 0 aliphatic carbocycles. The Morgan fingerprint density at radius 1 is 1.73 bits per heavy atom. The molecule has 1 rings (SSSR count). The summed E-state index contributed by atoms with van der Waals surface area (Å²) in [4.78, 5) is 10.7. The third-order valence-corrected chi connectivity index (χ3v) is 1.33. The number of hydrogen-bond acceptors (Lipinski definition) is 2. The van der Waals surface area contributed by atoms with Crippen LogP contribution in [0.5, 0.6) is 0 Å². The number of alkyl halides is 2. The first kappa shape index (κ1) is 8.17. The fourth-order valence-corrected chi connectivity index (χ4v) is 0.792. The monoisotopic (exact) mass is 162 g/mol. The van der Waals surface area contributed by atoms with Gasteiger partial charge in [-0.15, -0.1) is 0 Å². The van der Waals surface area contributed by atoms with Gasteiger partial charge in [0, 0.05) is 13.3 Å². The molecule has 0 N–H and O–H groups in total. The molecule has 4 heteroatoms. The first-order valence-electron chi connectivity index (χ1n) is 3.27. The molecule has 0 bridgehead atoms. The summed E-state index contributed by atoms with van der Waals surface area (Å²) in [6, 6.07) is 0. The van der Waals surface area contributed by atoms with Gasteiger partial charge in [-0.2, -0.15) is 8.78 Å². The Labute approximate surface area is 62.8 Å². The van der Waals surface area contributed by atoms with Gasteiger partial charge in [0.1, 0.15) is 0 Å². The lowest BCUT2D eigenvalue weighted by atomic mass is 10.2. The van der Waals surface area contributed by atoms with Crippen molar-refractivity contribution in [3.8, 4) is 0 Å². The zero-order chi connectivity index (χ0) is 8.48. The summed E-state index contributed by atoms with van der Waals surface area (Å²) < 4.78 is 29.3. The number of hydrogen-bond donors (Lipinski definition) is 0. The van der Waals surface area contributed by atoms with Gasteiger partial charge in [-0.1, -0.05) is 0 Å². The second-order valence-corrected chi connectivity index (χ2v) is 2.42. The fourth-order valence-electron chi connectivity index (χ4n) is 0.792. The average molecular weight is 162 g/mol. The van der Waals surface area contributed by atoms with Crippen LogP contribution in [0, 0.1) is 0 Å². The van der Waals surface area contributed by atoms with Gasteiger partial charge >= 0.3 is 5.92 Å². The lowest BCUT2D eigenvalue weighted by Gasteiger charge is -2.08. The Hall–Kier alpha value is -0.930. The maximum absolute atomic E-state index is 12.3. The number of carbonyl (C=O) groups excluding carboxylic acids is 1. The summed E-state index contributed by atoms with van der Waals surface area (Å²) in [6.07, 6.45) is 1.93. The molecule has 0 atom stereocenters. The van der Waals surface area contributed by atoms with Crippen LogP contribution in [0.1, 0.15) is 13.3 Å². The Balaban J connectivity index is 2.68. The van der Waals surface area contributed by atoms with E-state index in [2.05, 4.69) is 4.74 Å². The van der Waals surface area contributed by atoms with Crippen molar-refractivity contribution in [2.45, 2.75) is 19.3 Å². The van der Waals surface area contributed by atoms with E-state index in [0.717, 1.165) is 0 Å². The van der Waals surface area contributed by atoms with Crippen LogP contribution in [-0.2, 0) is 9.53 Å². The van der Waals surface area contributed by atoms with Crippen LogP contribution < -0.4 is 0 Å². The zero-order valence-electron chi connectivity index (χ0n) is 6.06. The molecule has 0 fully saturated rings. The SMILES string of the molecule is CC(F)(F)C(=O)C1=CCCO1. The Kier molecular flexibility index (Phi) is 1.93. The van der Waals surface area contributed by atoms with Gasteiger partial charge in [0.05, 0.1) is 6.61 Å². The number of ketones is 1. The first-order valence-corrected chi connectivity index (χ1v) is 3.27. The topological polar surface area (TPSA) is 26.3 Å². The molecule has 0 aromatic rings. The minimum absolute atomic E-state index is 0.197. The quantitative estimate of drug-likeness (QED) is 0.615. The highest BCUT2D eigenvalue weighted by atomic mass is 19.3. The van der Waals surface area contributed by atoms with Crippen molar-refractivity contribution in [2.75, 3.05) is 6.61 Å². The van der Waals surface area contributed by atoms with Crippen molar-refractivity contribution in [3.63, 3.8) is 0 Å². The molecule has 0 saturated heterocycles. The largest absolute Gasteiger partial charge is 0.490 e. The van der Waals surface area contributed by atoms with Crippen LogP contribution in [0.25, 0.3) is 0 Å². The molecule has 1 aliphatic heterocycles. The number of halogens is 2. The van der Waals surface area contributed by atoms with E-state index in [-0.39, 0.29) is 5.76 Å². The molecule has 62 valence electrons. The minimum atomic E-state index is -3.31. The predicted octanol–water partition coefficient (Wildman–Crippen LogP) is 1.51. The maximum atomic E-state index is 12.3. The van der Waals surface area contributed by atoms with Crippen molar-refractivity contribution in [3.05, 3.63) is 11.8 Å². The summed E-state index contributed by atoms with van der Waals surface area (Å²) in [5, 5.41) is 0. The number of carbonyl (C=O) groups is 1. The van der Waals surface area contributed by atoms with E-state index in [9.17, 15) is 13.6 Å². The maximum Gasteiger partial charge on any atom is 0.310 e. The molecule has 1 heterocycles. The third-order valence-electron chi connectivity index (χ3n) is 1.33. The van der Waals surface area contributed by atoms with Crippen LogP contribution in [0.4, 0.5) is 8.78 Å². The van der Waals surface area contributed by atoms with Crippen LogP contribution in [-0.4, -0.2) is 18.3 Å². The van der Waals surface area contributed by atoms with E-state index in [1.165, 1.54) is 6.08 Å². The van der Waals surface area contributed by atoms with Gasteiger partial charge in [-0.3, -0.25) is 4.79 Å². The van der Waals surface area contributed by atoms with Crippen LogP contribution in [0.3, 0.4) is 0 Å². The van der Waals surface area contributed by atoms with Crippen molar-refractivity contribution in [1.82, 2.24) is 0 Å². The number of allylic oxidation sites excluding steroid dienone is 1. The van der Waals surface area contributed by atoms with Gasteiger partial charge in [0.25, 0.3) is 5.78 Å². The van der Waals surface area contributed by atoms with Crippen LogP contribution in [0.2, 0.25) is 0 Å². The predicted molar refractivity (Wildman–Crippen MR) is 34.3 cm³/mol. The normalized spacial score (nSPS) is 17.5. The summed E-state index contributed by atoms with van der Waals surface area (Å²) in [5.41, 5.74) is 0. The van der Waals surface area contributed by atoms with E-state index >= 15 is 0 Å². The number of Topliss-reactive ketones (excluding diaryl/α,β-unsaturated/α-hetero) is 1. The summed E-state index contributed by atoms with van der Waals surface area (Å²) >= 11 is 0. The van der Waals surface area contributed by atoms with Crippen molar-refractivity contribution in [1.29, 1.82) is 0 Å². The molecule has 0 unspecified atom stereocenters. The van der Waals surface area contributed by atoms with E-state index in [0.29, 0.717) is 20.0 Å². The summed E-state index contributed by atoms with van der Waals surface area (Å²) in [7, 11) is 0. The minimum Gasteiger partial charge on any atom is -0.490 e. The van der Waals surface area contributed by atoms with Gasteiger partial charge in [-0.25, -0.2) is 0 Å². The molecular formula is C7H8F2O2. The van der Waals surface area contributed by atoms with Crippen LogP contribution in [0.15, 0.2) is 11.8 Å². The number of rotatable bonds is 2. The molecule has 0 aromatic heterocycles. The Morgan fingerprint density at radius 2 is 2.36 bits per heavy atom. The molecule has 11 heavy (non-hydrogen) atoms. The average Bonchev–Trinajstić information content (AvgIpc) is 2.34. The van der Waals surface area contributed by atoms with Crippen LogP contribution >= 0.6 is 0 Å². The highest BCUT2D eigenvalue weighted by Crippen LogP contribution is 2.21. The lowest BCUT2D eigenvalue weighted by Crippen LogP contribution is -2.26. The van der Waals surface area contributed by atoms with E-state index in [4.69, 9.17) is 0 Å². The standard InChI is InChI=1S/C7H8F2O2/c1-7(8,9)6(10)5-3-2-4-11-5/h3H,2,4H2,1H3. The van der Waals surface area contributed by atoms with Crippen molar-refractivity contribution >= 4 is 5.78 Å². The van der Waals surface area contributed by atoms with Gasteiger partial charge in [0.15, 0.2) is 5.76 Å². The number of ether oxygens (including phenoxy) is 1. The van der Waals surface area contributed by atoms with Gasteiger partial charge in [0.2, 0.25) is 0 Å². The van der Waals surface area contributed by atoms with E-state index < -0.39 is 11.7 Å². The summed E-state index contributed by atoms with van der Waals surface area (Å²) in [5.74, 6) is -4.73. The van der Waals surface area contributed by atoms with E-state index in [1.807, 2.05) is 0 Å². The zero-order valence-corrected chi connectivity index (χ0v) is 6.06. The van der Waals surface area contributed by atoms with Gasteiger partial charge < -0.3 is 4.74 Å². The lowest BCUT2D eigenvalue weighted by molar-refractivity contribution is -0.139. The fraction of sp³-hybridized carbons (Fsp3) is 0.571. The highest BCUT2D eigenvalue weighted by molar-refractivity contribution is 5.98. The molecule has 1 aliphatic rings. The second kappa shape index (κ2) is 2.60.